The molecule has 0 saturated heterocycles. The van der Waals surface area contributed by atoms with Crippen LogP contribution in [0.2, 0.25) is 0 Å². The topological polar surface area (TPSA) is 78.8 Å². The molecular weight excluding hydrogens is 295 g/mol. The molecule has 2 N–H and O–H groups in total. The first kappa shape index (κ1) is 14.2. The Morgan fingerprint density at radius 2 is 2.10 bits per heavy atom. The summed E-state index contributed by atoms with van der Waals surface area (Å²) in [6.45, 7) is 0. The Hall–Kier alpha value is -2.23. The molecule has 0 aromatic carbocycles. The maximum Gasteiger partial charge on any atom is 0.433 e. The summed E-state index contributed by atoms with van der Waals surface area (Å²) in [4.78, 5) is 6.95. The highest BCUT2D eigenvalue weighted by Gasteiger charge is 2.33. The quantitative estimate of drug-likeness (QED) is 0.869. The lowest BCUT2D eigenvalue weighted by Gasteiger charge is -2.10. The average molecular weight is 303 g/mol. The third-order valence-corrected chi connectivity index (χ3v) is 2.40. The van der Waals surface area contributed by atoms with E-state index in [-0.39, 0.29) is 16.6 Å². The number of hydrogen-bond acceptors (Lipinski definition) is 5. The van der Waals surface area contributed by atoms with Gasteiger partial charge in [-0.1, -0.05) is 12.2 Å². The molecule has 0 bridgehead atoms. The molecule has 2 heterocycles. The number of ether oxygens (including phenoxy) is 1. The van der Waals surface area contributed by atoms with Crippen LogP contribution in [0.4, 0.5) is 13.2 Å². The highest BCUT2D eigenvalue weighted by Crippen LogP contribution is 2.31. The first-order chi connectivity index (χ1) is 9.27. The van der Waals surface area contributed by atoms with Gasteiger partial charge in [-0.15, -0.1) is 5.10 Å². The number of aryl methyl sites for hydroxylation is 1. The second kappa shape index (κ2) is 5.04. The molecule has 0 spiro atoms. The van der Waals surface area contributed by atoms with Gasteiger partial charge in [-0.3, -0.25) is 4.68 Å². The molecule has 6 nitrogen and oxygen atoms in total. The fourth-order valence-corrected chi connectivity index (χ4v) is 1.47. The van der Waals surface area contributed by atoms with Gasteiger partial charge in [0.25, 0.3) is 0 Å². The fourth-order valence-electron chi connectivity index (χ4n) is 1.32. The molecule has 0 atom stereocenters. The third kappa shape index (κ3) is 3.02. The van der Waals surface area contributed by atoms with E-state index in [4.69, 9.17) is 22.7 Å². The van der Waals surface area contributed by atoms with Gasteiger partial charge in [-0.05, 0) is 12.1 Å². The smallest absolute Gasteiger partial charge is 0.403 e. The molecule has 2 aromatic rings. The molecule has 0 aliphatic heterocycles. The summed E-state index contributed by atoms with van der Waals surface area (Å²) in [7, 11) is 1.58. The van der Waals surface area contributed by atoms with Crippen LogP contribution in [0.1, 0.15) is 11.3 Å². The van der Waals surface area contributed by atoms with Crippen molar-refractivity contribution in [1.82, 2.24) is 19.7 Å². The molecule has 0 saturated carbocycles. The van der Waals surface area contributed by atoms with E-state index in [0.29, 0.717) is 0 Å². The van der Waals surface area contributed by atoms with Gasteiger partial charge in [0.1, 0.15) is 17.0 Å². The number of nitrogens with zero attached hydrogens (tertiary/aromatic N) is 4. The molecule has 20 heavy (non-hydrogen) atoms. The van der Waals surface area contributed by atoms with Crippen molar-refractivity contribution < 1.29 is 17.9 Å². The van der Waals surface area contributed by atoms with Gasteiger partial charge >= 0.3 is 12.2 Å². The summed E-state index contributed by atoms with van der Waals surface area (Å²) in [6.07, 6.45) is -3.28. The third-order valence-electron chi connectivity index (χ3n) is 2.18. The summed E-state index contributed by atoms with van der Waals surface area (Å²) in [6, 6.07) is 1.71. The standard InChI is InChI=1S/C10H8F3N5OS/c1-18-4-15-9(17-18)19-8-5(7(14)20)2-3-6(16-8)10(11,12)13/h2-4H,1H3,(H2,14,20). The first-order valence-electron chi connectivity index (χ1n) is 5.19. The summed E-state index contributed by atoms with van der Waals surface area (Å²) in [5, 5.41) is 3.78. The lowest BCUT2D eigenvalue weighted by molar-refractivity contribution is -0.141. The number of aromatic nitrogens is 4. The fraction of sp³-hybridized carbons (Fsp3) is 0.200. The van der Waals surface area contributed by atoms with E-state index in [1.807, 2.05) is 0 Å². The minimum absolute atomic E-state index is 0.0699. The van der Waals surface area contributed by atoms with E-state index in [9.17, 15) is 13.2 Å². The molecule has 0 amide bonds. The number of halogens is 3. The Morgan fingerprint density at radius 1 is 1.40 bits per heavy atom. The van der Waals surface area contributed by atoms with Gasteiger partial charge in [0.15, 0.2) is 0 Å². The van der Waals surface area contributed by atoms with E-state index in [1.54, 1.807) is 7.05 Å². The normalized spacial score (nSPS) is 11.4. The van der Waals surface area contributed by atoms with E-state index >= 15 is 0 Å². The number of rotatable bonds is 3. The average Bonchev–Trinajstić information content (AvgIpc) is 2.73. The van der Waals surface area contributed by atoms with Gasteiger partial charge in [-0.25, -0.2) is 4.98 Å². The van der Waals surface area contributed by atoms with Crippen molar-refractivity contribution in [2.45, 2.75) is 6.18 Å². The van der Waals surface area contributed by atoms with E-state index in [0.717, 1.165) is 12.1 Å². The number of hydrogen-bond donors (Lipinski definition) is 1. The Bertz CT molecular complexity index is 655. The van der Waals surface area contributed by atoms with Crippen LogP contribution in [0.15, 0.2) is 18.5 Å². The molecule has 0 aliphatic carbocycles. The zero-order chi connectivity index (χ0) is 14.9. The zero-order valence-electron chi connectivity index (χ0n) is 10.0. The lowest BCUT2D eigenvalue weighted by atomic mass is 10.2. The molecule has 0 unspecified atom stereocenters. The summed E-state index contributed by atoms with van der Waals surface area (Å²) in [5.41, 5.74) is 4.36. The number of alkyl halides is 3. The molecule has 106 valence electrons. The number of thiocarbonyl (C=S) groups is 1. The molecule has 0 radical (unpaired) electrons. The van der Waals surface area contributed by atoms with Gasteiger partial charge < -0.3 is 10.5 Å². The van der Waals surface area contributed by atoms with Crippen molar-refractivity contribution >= 4 is 17.2 Å². The largest absolute Gasteiger partial charge is 0.433 e. The van der Waals surface area contributed by atoms with Crippen LogP contribution in [-0.2, 0) is 13.2 Å². The molecular formula is C10H8F3N5OS. The summed E-state index contributed by atoms with van der Waals surface area (Å²) < 4.78 is 44.3. The van der Waals surface area contributed by atoms with Gasteiger partial charge in [0.05, 0.1) is 5.56 Å². The van der Waals surface area contributed by atoms with Gasteiger partial charge in [0, 0.05) is 7.05 Å². The van der Waals surface area contributed by atoms with Crippen LogP contribution in [-0.4, -0.2) is 24.7 Å². The van der Waals surface area contributed by atoms with Crippen LogP contribution < -0.4 is 10.5 Å². The predicted octanol–water partition coefficient (Wildman–Crippen LogP) is 1.66. The van der Waals surface area contributed by atoms with Crippen molar-refractivity contribution in [2.24, 2.45) is 12.8 Å². The minimum atomic E-state index is -4.61. The Kier molecular flexibility index (Phi) is 3.57. The van der Waals surface area contributed by atoms with E-state index in [1.165, 1.54) is 11.0 Å². The second-order valence-electron chi connectivity index (χ2n) is 3.71. The number of nitrogens with two attached hydrogens (primary N) is 1. The Balaban J connectivity index is 2.44. The lowest BCUT2D eigenvalue weighted by Crippen LogP contribution is -2.15. The van der Waals surface area contributed by atoms with Crippen LogP contribution in [0.5, 0.6) is 11.9 Å². The van der Waals surface area contributed by atoms with Crippen molar-refractivity contribution in [2.75, 3.05) is 0 Å². The van der Waals surface area contributed by atoms with Crippen molar-refractivity contribution in [1.29, 1.82) is 0 Å². The molecule has 10 heteroatoms. The summed E-state index contributed by atoms with van der Waals surface area (Å²) >= 11 is 4.74. The zero-order valence-corrected chi connectivity index (χ0v) is 10.9. The maximum atomic E-state index is 12.6. The van der Waals surface area contributed by atoms with E-state index in [2.05, 4.69) is 15.1 Å². The predicted molar refractivity (Wildman–Crippen MR) is 66.2 cm³/mol. The van der Waals surface area contributed by atoms with Crippen molar-refractivity contribution in [3.8, 4) is 11.9 Å². The van der Waals surface area contributed by atoms with Crippen LogP contribution in [0.25, 0.3) is 0 Å². The van der Waals surface area contributed by atoms with Crippen molar-refractivity contribution in [3.63, 3.8) is 0 Å². The second-order valence-corrected chi connectivity index (χ2v) is 4.15. The molecule has 2 aromatic heterocycles. The van der Waals surface area contributed by atoms with Gasteiger partial charge in [0.2, 0.25) is 5.88 Å². The monoisotopic (exact) mass is 303 g/mol. The maximum absolute atomic E-state index is 12.6. The Morgan fingerprint density at radius 3 is 2.60 bits per heavy atom. The minimum Gasteiger partial charge on any atom is -0.403 e. The summed E-state index contributed by atoms with van der Waals surface area (Å²) in [5.74, 6) is -0.390. The van der Waals surface area contributed by atoms with Crippen LogP contribution in [0, 0.1) is 0 Å². The Labute approximate surface area is 116 Å². The molecule has 2 rings (SSSR count). The van der Waals surface area contributed by atoms with E-state index < -0.39 is 17.8 Å². The highest BCUT2D eigenvalue weighted by molar-refractivity contribution is 7.80. The first-order valence-corrected chi connectivity index (χ1v) is 5.59. The van der Waals surface area contributed by atoms with Crippen LogP contribution >= 0.6 is 12.2 Å². The highest BCUT2D eigenvalue weighted by atomic mass is 32.1. The SMILES string of the molecule is Cn1cnc(Oc2nc(C(F)(F)F)ccc2C(N)=S)n1. The molecule has 0 aliphatic rings. The van der Waals surface area contributed by atoms with Crippen LogP contribution in [0.3, 0.4) is 0 Å². The van der Waals surface area contributed by atoms with Crippen molar-refractivity contribution in [3.05, 3.63) is 29.7 Å². The van der Waals surface area contributed by atoms with Gasteiger partial charge in [-0.2, -0.15) is 18.2 Å². The number of pyridine rings is 1. The molecule has 0 fully saturated rings.